The van der Waals surface area contributed by atoms with Crippen molar-refractivity contribution >= 4 is 0 Å². The average Bonchev–Trinajstić information content (AvgIpc) is 3.55. The number of allylic oxidation sites excluding steroid dienone is 6. The third-order valence-electron chi connectivity index (χ3n) is 10.8. The van der Waals surface area contributed by atoms with E-state index in [0.717, 1.165) is 38.2 Å². The van der Waals surface area contributed by atoms with Crippen molar-refractivity contribution in [3.63, 3.8) is 0 Å². The molecule has 2 atom stereocenters. The molecule has 0 bridgehead atoms. The van der Waals surface area contributed by atoms with Crippen LogP contribution in [0.5, 0.6) is 0 Å². The summed E-state index contributed by atoms with van der Waals surface area (Å²) in [6.07, 6.45) is 53.6. The lowest BCUT2D eigenvalue weighted by molar-refractivity contribution is -0.180. The summed E-state index contributed by atoms with van der Waals surface area (Å²) < 4.78 is 13.0. The summed E-state index contributed by atoms with van der Waals surface area (Å²) in [7, 11) is 4.28. The molecule has 0 saturated carbocycles. The highest BCUT2D eigenvalue weighted by Gasteiger charge is 2.40. The quantitative estimate of drug-likeness (QED) is 0.0466. The van der Waals surface area contributed by atoms with E-state index < -0.39 is 0 Å². The highest BCUT2D eigenvalue weighted by molar-refractivity contribution is 4.92. The van der Waals surface area contributed by atoms with E-state index in [0.29, 0.717) is 11.5 Å². The van der Waals surface area contributed by atoms with Crippen LogP contribution in [0.3, 0.4) is 0 Å². The van der Waals surface area contributed by atoms with Gasteiger partial charge in [0.25, 0.3) is 0 Å². The zero-order valence-corrected chi connectivity index (χ0v) is 40.5. The van der Waals surface area contributed by atoms with Crippen molar-refractivity contribution < 1.29 is 9.47 Å². The Morgan fingerprint density at radius 2 is 0.964 bits per heavy atom. The first kappa shape index (κ1) is 57.2. The predicted molar refractivity (Wildman–Crippen MR) is 255 cm³/mol. The fraction of sp³-hybridized carbons (Fsp3) is 0.887. The molecule has 0 aliphatic carbocycles. The first-order valence-electron chi connectivity index (χ1n) is 25.0. The molecule has 0 radical (unpaired) electrons. The van der Waals surface area contributed by atoms with Gasteiger partial charge < -0.3 is 14.4 Å². The van der Waals surface area contributed by atoms with E-state index in [1.165, 1.54) is 173 Å². The highest BCUT2D eigenvalue weighted by Crippen LogP contribution is 2.36. The summed E-state index contributed by atoms with van der Waals surface area (Å²) in [6.45, 7) is 22.1. The normalized spacial score (nSPS) is 17.4. The van der Waals surface area contributed by atoms with E-state index in [4.69, 9.17) is 9.47 Å². The molecule has 0 spiro atoms. The third kappa shape index (κ3) is 39.9. The maximum Gasteiger partial charge on any atom is 0.168 e. The summed E-state index contributed by atoms with van der Waals surface area (Å²) in [5.41, 5.74) is 0.470. The minimum absolute atomic E-state index is 0.279. The third-order valence-corrected chi connectivity index (χ3v) is 10.8. The monoisotopic (exact) mass is 788 g/mol. The van der Waals surface area contributed by atoms with Gasteiger partial charge in [-0.3, -0.25) is 0 Å². The van der Waals surface area contributed by atoms with Crippen molar-refractivity contribution in [1.82, 2.24) is 4.90 Å². The zero-order chi connectivity index (χ0) is 42.0. The van der Waals surface area contributed by atoms with Gasteiger partial charge in [-0.15, -0.1) is 0 Å². The number of unbranched alkanes of at least 4 members (excludes halogenated alkanes) is 20. The molecular formula is C53H105NO2. The molecule has 0 aromatic rings. The van der Waals surface area contributed by atoms with Crippen LogP contribution < -0.4 is 0 Å². The molecule has 0 amide bonds. The van der Waals surface area contributed by atoms with Crippen molar-refractivity contribution in [3.8, 4) is 0 Å². The Balaban J connectivity index is 0. The average molecular weight is 788 g/mol. The smallest absolute Gasteiger partial charge is 0.168 e. The molecule has 1 heterocycles. The summed E-state index contributed by atoms with van der Waals surface area (Å²) in [4.78, 5) is 2.27. The number of rotatable bonds is 36. The Kier molecular flexibility index (Phi) is 43.1. The van der Waals surface area contributed by atoms with Gasteiger partial charge in [0.05, 0.1) is 12.7 Å². The Morgan fingerprint density at radius 1 is 0.571 bits per heavy atom. The molecule has 1 fully saturated rings. The molecule has 0 N–H and O–H groups in total. The van der Waals surface area contributed by atoms with Crippen molar-refractivity contribution in [2.75, 3.05) is 27.2 Å². The van der Waals surface area contributed by atoms with Crippen LogP contribution in [-0.2, 0) is 9.47 Å². The molecule has 3 heteroatoms. The predicted octanol–water partition coefficient (Wildman–Crippen LogP) is 17.8. The fourth-order valence-corrected chi connectivity index (χ4v) is 8.34. The fourth-order valence-electron chi connectivity index (χ4n) is 8.34. The summed E-state index contributed by atoms with van der Waals surface area (Å²) in [5.74, 6) is 0.532. The second-order valence-electron chi connectivity index (χ2n) is 18.4. The largest absolute Gasteiger partial charge is 0.347 e. The molecule has 1 aliphatic rings. The highest BCUT2D eigenvalue weighted by atomic mass is 16.7. The van der Waals surface area contributed by atoms with Crippen LogP contribution in [-0.4, -0.2) is 44.0 Å². The topological polar surface area (TPSA) is 21.7 Å². The van der Waals surface area contributed by atoms with Crippen molar-refractivity contribution in [1.29, 1.82) is 0 Å². The number of nitrogens with zero attached hydrogens (tertiary/aromatic N) is 1. The van der Waals surface area contributed by atoms with Crippen LogP contribution in [0.2, 0.25) is 0 Å². The molecule has 1 saturated heterocycles. The van der Waals surface area contributed by atoms with Gasteiger partial charge in [-0.25, -0.2) is 0 Å². The van der Waals surface area contributed by atoms with Gasteiger partial charge in [-0.05, 0) is 109 Å². The Bertz CT molecular complexity index is 846. The van der Waals surface area contributed by atoms with Gasteiger partial charge in [0, 0.05) is 19.4 Å². The second kappa shape index (κ2) is 42.2. The minimum atomic E-state index is -0.279. The number of hydrogen-bond donors (Lipinski definition) is 0. The lowest BCUT2D eigenvalue weighted by atomic mass is 9.84. The molecular weight excluding hydrogens is 683 g/mol. The second-order valence-corrected chi connectivity index (χ2v) is 18.4. The molecule has 2 unspecified atom stereocenters. The number of ether oxygens (including phenoxy) is 2. The Morgan fingerprint density at radius 3 is 1.36 bits per heavy atom. The molecule has 334 valence electrons. The van der Waals surface area contributed by atoms with Crippen LogP contribution in [0.15, 0.2) is 36.5 Å². The minimum Gasteiger partial charge on any atom is -0.347 e. The van der Waals surface area contributed by atoms with Gasteiger partial charge in [0.15, 0.2) is 5.79 Å². The van der Waals surface area contributed by atoms with Gasteiger partial charge in [-0.2, -0.15) is 0 Å². The molecule has 1 rings (SSSR count). The van der Waals surface area contributed by atoms with Crippen LogP contribution >= 0.6 is 0 Å². The van der Waals surface area contributed by atoms with Crippen LogP contribution in [0.1, 0.15) is 255 Å². The van der Waals surface area contributed by atoms with E-state index in [-0.39, 0.29) is 5.79 Å². The molecule has 56 heavy (non-hydrogen) atoms. The van der Waals surface area contributed by atoms with E-state index in [1.807, 2.05) is 13.8 Å². The standard InChI is InChI=1S/C41H76O2.C10H23N.C2H6/c1-4-7-9-11-13-15-17-19-21-23-25-27-29-31-33-35-38-41(42-39-40(43-41)36-6-3)37-34-32-30-28-26-24-22-20-18-16-14-12-10-8-5-2;1-9(2)7-10(3,4)8-11(5)6;1-2/h13-16,19,21,40H,4-12,17-18,20,22-39H2,1-3H3;9H,7-8H2,1-6H3;1-2H3/b15-13-,16-14-,21-19-;;. The lowest BCUT2D eigenvalue weighted by Crippen LogP contribution is -2.31. The summed E-state index contributed by atoms with van der Waals surface area (Å²) in [5, 5.41) is 0. The van der Waals surface area contributed by atoms with Gasteiger partial charge in [0.2, 0.25) is 0 Å². The van der Waals surface area contributed by atoms with Crippen LogP contribution in [0.25, 0.3) is 0 Å². The van der Waals surface area contributed by atoms with Crippen molar-refractivity contribution in [2.24, 2.45) is 11.3 Å². The zero-order valence-electron chi connectivity index (χ0n) is 40.5. The van der Waals surface area contributed by atoms with Gasteiger partial charge >= 0.3 is 0 Å². The van der Waals surface area contributed by atoms with Gasteiger partial charge in [0.1, 0.15) is 0 Å². The molecule has 0 aromatic heterocycles. The first-order valence-corrected chi connectivity index (χ1v) is 25.0. The Labute approximate surface area is 355 Å². The van der Waals surface area contributed by atoms with Crippen molar-refractivity contribution in [2.45, 2.75) is 267 Å². The van der Waals surface area contributed by atoms with E-state index >= 15 is 0 Å². The van der Waals surface area contributed by atoms with Gasteiger partial charge in [-0.1, -0.05) is 195 Å². The van der Waals surface area contributed by atoms with E-state index in [2.05, 4.69) is 104 Å². The Hall–Kier alpha value is -0.900. The molecule has 3 nitrogen and oxygen atoms in total. The lowest BCUT2D eigenvalue weighted by Gasteiger charge is -2.29. The molecule has 0 aromatic carbocycles. The SMILES string of the molecule is CC.CC(C)CC(C)(C)CN(C)C.CCCCC/C=C\C/C=C\CCCCCCCCC1(CCCCCCCCCC/C=C\CCCCC)OCC(CCC)O1. The molecule has 1 aliphatic heterocycles. The van der Waals surface area contributed by atoms with E-state index in [9.17, 15) is 0 Å². The summed E-state index contributed by atoms with van der Waals surface area (Å²) >= 11 is 0. The maximum atomic E-state index is 6.59. The van der Waals surface area contributed by atoms with E-state index in [1.54, 1.807) is 0 Å². The first-order chi connectivity index (χ1) is 27.1. The summed E-state index contributed by atoms with van der Waals surface area (Å²) in [6, 6.07) is 0. The maximum absolute atomic E-state index is 6.59. The number of hydrogen-bond acceptors (Lipinski definition) is 3. The van der Waals surface area contributed by atoms with Crippen LogP contribution in [0.4, 0.5) is 0 Å². The van der Waals surface area contributed by atoms with Crippen molar-refractivity contribution in [3.05, 3.63) is 36.5 Å². The van der Waals surface area contributed by atoms with Crippen LogP contribution in [0, 0.1) is 11.3 Å².